The second-order valence-corrected chi connectivity index (χ2v) is 26.0. The average molecular weight is 1300 g/mol. The minimum Gasteiger partial charge on any atom is -0.394 e. The maximum absolute atomic E-state index is 13.3. The summed E-state index contributed by atoms with van der Waals surface area (Å²) >= 11 is 0. The van der Waals surface area contributed by atoms with Gasteiger partial charge in [0.05, 0.1) is 32.0 Å². The number of hydrogen-bond acceptors (Lipinski definition) is 13. The van der Waals surface area contributed by atoms with Crippen LogP contribution in [0.2, 0.25) is 0 Å². The SMILES string of the molecule is CC/C=C\C/C=C\C/C=C\C/C=C\C/C=C\CCCCCCCCCCCCCCCCCCCCCCCC(=O)NC(COC1OC(CO)C(OC2OC(CO)C(O)C(O)C2O)C(O)C1O)C(O)/C=C/CC/C=C/CC/C=C/CCCCCCCCCCCCC. The van der Waals surface area contributed by atoms with E-state index in [4.69, 9.17) is 18.9 Å². The van der Waals surface area contributed by atoms with Crippen LogP contribution < -0.4 is 5.32 Å². The van der Waals surface area contributed by atoms with Crippen molar-refractivity contribution in [3.8, 4) is 0 Å². The fourth-order valence-electron chi connectivity index (χ4n) is 11.8. The summed E-state index contributed by atoms with van der Waals surface area (Å²) in [5.74, 6) is -0.251. The van der Waals surface area contributed by atoms with E-state index in [2.05, 4.69) is 104 Å². The van der Waals surface area contributed by atoms with Crippen molar-refractivity contribution in [1.29, 1.82) is 0 Å². The molecular formula is C78H137NO13. The van der Waals surface area contributed by atoms with Crippen molar-refractivity contribution < 1.29 is 64.6 Å². The molecule has 92 heavy (non-hydrogen) atoms. The van der Waals surface area contributed by atoms with Crippen molar-refractivity contribution in [2.24, 2.45) is 0 Å². The van der Waals surface area contributed by atoms with Gasteiger partial charge < -0.3 is 65.1 Å². The standard InChI is InChI=1S/C78H137NO13/c1-3-5-7-9-11-13-15-17-19-21-23-25-26-27-28-29-30-31-32-33-34-35-36-37-38-39-40-42-44-46-48-50-52-54-56-58-60-62-70(83)79-66(67(82)61-59-57-55-53-51-49-47-45-43-41-24-22-20-18-16-14-12-10-8-6-4-2)65-89-77-75(88)73(86)76(69(64-81)91-77)92-78-74(87)72(85)71(84)68(63-80)90-78/h5,7,11,13,17,19,23,25,27-28,43,45,51,53,59,61,66-69,71-78,80-82,84-88H,3-4,6,8-10,12,14-16,18,20-22,24,26,29-42,44,46-50,52,54-58,60,62-65H2,1-2H3,(H,79,83)/b7-5-,13-11-,19-17-,25-23-,28-27-,45-43+,53-51+,61-59+. The first-order valence-electron chi connectivity index (χ1n) is 37.5. The van der Waals surface area contributed by atoms with Gasteiger partial charge in [-0.15, -0.1) is 0 Å². The van der Waals surface area contributed by atoms with Gasteiger partial charge in [-0.3, -0.25) is 4.79 Å². The maximum Gasteiger partial charge on any atom is 0.220 e. The molecule has 14 heteroatoms. The molecule has 0 aliphatic carbocycles. The van der Waals surface area contributed by atoms with Gasteiger partial charge in [0.2, 0.25) is 5.91 Å². The van der Waals surface area contributed by atoms with E-state index in [-0.39, 0.29) is 18.9 Å². The van der Waals surface area contributed by atoms with Crippen molar-refractivity contribution in [1.82, 2.24) is 5.32 Å². The number of carbonyl (C=O) groups excluding carboxylic acids is 1. The van der Waals surface area contributed by atoms with Crippen molar-refractivity contribution in [3.63, 3.8) is 0 Å². The molecule has 0 bridgehead atoms. The quantitative estimate of drug-likeness (QED) is 0.0204. The molecular weight excluding hydrogens is 1160 g/mol. The third-order valence-electron chi connectivity index (χ3n) is 17.7. The monoisotopic (exact) mass is 1300 g/mol. The van der Waals surface area contributed by atoms with Gasteiger partial charge in [-0.25, -0.2) is 0 Å². The molecule has 12 atom stereocenters. The number of amides is 1. The first-order chi connectivity index (χ1) is 45.1. The van der Waals surface area contributed by atoms with Gasteiger partial charge in [-0.1, -0.05) is 297 Å². The van der Waals surface area contributed by atoms with E-state index in [1.165, 1.54) is 186 Å². The summed E-state index contributed by atoms with van der Waals surface area (Å²) < 4.78 is 22.8. The Morgan fingerprint density at radius 2 is 0.761 bits per heavy atom. The molecule has 0 spiro atoms. The van der Waals surface area contributed by atoms with Gasteiger partial charge in [0.15, 0.2) is 12.6 Å². The van der Waals surface area contributed by atoms with Crippen LogP contribution >= 0.6 is 0 Å². The Kier molecular flexibility index (Phi) is 56.8. The predicted octanol–water partition coefficient (Wildman–Crippen LogP) is 16.1. The largest absolute Gasteiger partial charge is 0.394 e. The van der Waals surface area contributed by atoms with E-state index in [0.717, 1.165) is 77.0 Å². The number of unbranched alkanes of at least 4 members (excludes halogenated alkanes) is 34. The molecule has 2 rings (SSSR count). The molecule has 2 saturated heterocycles. The zero-order valence-corrected chi connectivity index (χ0v) is 58.0. The molecule has 2 heterocycles. The van der Waals surface area contributed by atoms with Crippen LogP contribution in [0.15, 0.2) is 97.2 Å². The van der Waals surface area contributed by atoms with Crippen LogP contribution in [0.25, 0.3) is 0 Å². The number of allylic oxidation sites excluding steroid dienone is 15. The number of rotatable bonds is 61. The third kappa shape index (κ3) is 44.6. The van der Waals surface area contributed by atoms with Gasteiger partial charge >= 0.3 is 0 Å². The fraction of sp³-hybridized carbons (Fsp3) is 0.782. The zero-order chi connectivity index (χ0) is 66.6. The van der Waals surface area contributed by atoms with Gasteiger partial charge in [-0.2, -0.15) is 0 Å². The number of aliphatic hydroxyl groups excluding tert-OH is 8. The van der Waals surface area contributed by atoms with Crippen LogP contribution in [0.3, 0.4) is 0 Å². The molecule has 0 radical (unpaired) electrons. The van der Waals surface area contributed by atoms with Crippen molar-refractivity contribution in [2.45, 2.75) is 370 Å². The normalized spacial score (nSPS) is 23.2. The molecule has 2 aliphatic heterocycles. The molecule has 9 N–H and O–H groups in total. The highest BCUT2D eigenvalue weighted by Gasteiger charge is 2.51. The molecule has 0 aromatic rings. The van der Waals surface area contributed by atoms with Crippen LogP contribution in [0.4, 0.5) is 0 Å². The first-order valence-corrected chi connectivity index (χ1v) is 37.5. The fourth-order valence-corrected chi connectivity index (χ4v) is 11.8. The van der Waals surface area contributed by atoms with E-state index in [9.17, 15) is 45.6 Å². The Balaban J connectivity index is 1.62. The summed E-state index contributed by atoms with van der Waals surface area (Å²) in [5.41, 5.74) is 0. The lowest BCUT2D eigenvalue weighted by molar-refractivity contribution is -0.359. The number of ether oxygens (including phenoxy) is 4. The van der Waals surface area contributed by atoms with Crippen LogP contribution in [0.1, 0.15) is 296 Å². The molecule has 2 aliphatic rings. The molecule has 12 unspecified atom stereocenters. The van der Waals surface area contributed by atoms with E-state index >= 15 is 0 Å². The molecule has 0 aromatic heterocycles. The smallest absolute Gasteiger partial charge is 0.220 e. The van der Waals surface area contributed by atoms with Crippen molar-refractivity contribution in [3.05, 3.63) is 97.2 Å². The molecule has 2 fully saturated rings. The second kappa shape index (κ2) is 61.5. The third-order valence-corrected chi connectivity index (χ3v) is 17.7. The number of nitrogens with one attached hydrogen (secondary N) is 1. The van der Waals surface area contributed by atoms with Crippen molar-refractivity contribution >= 4 is 5.91 Å². The molecule has 1 amide bonds. The minimum atomic E-state index is -1.80. The lowest BCUT2D eigenvalue weighted by Gasteiger charge is -2.46. The highest BCUT2D eigenvalue weighted by atomic mass is 16.7. The summed E-state index contributed by atoms with van der Waals surface area (Å²) in [6.07, 6.45) is 70.5. The lowest BCUT2D eigenvalue weighted by Crippen LogP contribution is -2.65. The van der Waals surface area contributed by atoms with Gasteiger partial charge in [0.25, 0.3) is 0 Å². The molecule has 0 saturated carbocycles. The highest BCUT2D eigenvalue weighted by molar-refractivity contribution is 5.76. The average Bonchev–Trinajstić information content (AvgIpc) is 0.915. The van der Waals surface area contributed by atoms with E-state index in [0.29, 0.717) is 12.8 Å². The Morgan fingerprint density at radius 3 is 1.20 bits per heavy atom. The predicted molar refractivity (Wildman–Crippen MR) is 378 cm³/mol. The van der Waals surface area contributed by atoms with Gasteiger partial charge in [-0.05, 0) is 89.9 Å². The molecule has 0 aromatic carbocycles. The number of carbonyl (C=O) groups is 1. The highest BCUT2D eigenvalue weighted by Crippen LogP contribution is 2.30. The first kappa shape index (κ1) is 85.0. The summed E-state index contributed by atoms with van der Waals surface area (Å²) in [6.45, 7) is 2.69. The lowest BCUT2D eigenvalue weighted by atomic mass is 9.97. The van der Waals surface area contributed by atoms with E-state index in [1.807, 2.05) is 6.08 Å². The second-order valence-electron chi connectivity index (χ2n) is 26.0. The van der Waals surface area contributed by atoms with Gasteiger partial charge in [0, 0.05) is 6.42 Å². The van der Waals surface area contributed by atoms with E-state index in [1.54, 1.807) is 6.08 Å². The zero-order valence-electron chi connectivity index (χ0n) is 58.0. The number of hydrogen-bond donors (Lipinski definition) is 9. The summed E-state index contributed by atoms with van der Waals surface area (Å²) in [5, 5.41) is 87.5. The van der Waals surface area contributed by atoms with E-state index < -0.39 is 86.8 Å². The van der Waals surface area contributed by atoms with Crippen LogP contribution in [-0.4, -0.2) is 140 Å². The maximum atomic E-state index is 13.3. The molecule has 14 nitrogen and oxygen atoms in total. The van der Waals surface area contributed by atoms with Crippen LogP contribution in [-0.2, 0) is 23.7 Å². The Bertz CT molecular complexity index is 1920. The van der Waals surface area contributed by atoms with Gasteiger partial charge in [0.1, 0.15) is 48.8 Å². The number of aliphatic hydroxyl groups is 8. The Hall–Kier alpha value is -3.09. The Labute approximate surface area is 560 Å². The Morgan fingerprint density at radius 1 is 0.402 bits per heavy atom. The topological polar surface area (TPSA) is 228 Å². The minimum absolute atomic E-state index is 0.251. The summed E-state index contributed by atoms with van der Waals surface area (Å²) in [7, 11) is 0. The molecule has 532 valence electrons. The summed E-state index contributed by atoms with van der Waals surface area (Å²) in [6, 6.07) is -0.942. The summed E-state index contributed by atoms with van der Waals surface area (Å²) in [4.78, 5) is 13.3. The van der Waals surface area contributed by atoms with Crippen LogP contribution in [0.5, 0.6) is 0 Å². The van der Waals surface area contributed by atoms with Crippen LogP contribution in [0, 0.1) is 0 Å². The van der Waals surface area contributed by atoms with Crippen molar-refractivity contribution in [2.75, 3.05) is 19.8 Å².